The molecule has 0 unspecified atom stereocenters. The highest BCUT2D eigenvalue weighted by atomic mass is 15.0. The number of amidine groups is 1. The maximum absolute atomic E-state index is 4.44. The molecule has 0 aliphatic rings. The van der Waals surface area contributed by atoms with Gasteiger partial charge in [-0.05, 0) is 27.7 Å². The Morgan fingerprint density at radius 2 is 1.82 bits per heavy atom. The van der Waals surface area contributed by atoms with Crippen molar-refractivity contribution in [2.24, 2.45) is 4.99 Å². The number of rotatable bonds is 3. The first kappa shape index (κ1) is 10.5. The molecule has 0 atom stereocenters. The molecule has 0 saturated carbocycles. The molecule has 1 N–H and O–H groups in total. The maximum Gasteiger partial charge on any atom is 0.0965 e. The van der Waals surface area contributed by atoms with Crippen molar-refractivity contribution in [1.82, 2.24) is 5.32 Å². The Morgan fingerprint density at radius 3 is 2.09 bits per heavy atom. The van der Waals surface area contributed by atoms with Crippen molar-refractivity contribution in [1.29, 1.82) is 0 Å². The third-order valence-electron chi connectivity index (χ3n) is 1.20. The third kappa shape index (κ3) is 5.89. The summed E-state index contributed by atoms with van der Waals surface area (Å²) in [7, 11) is 0. The van der Waals surface area contributed by atoms with E-state index in [4.69, 9.17) is 0 Å². The average Bonchev–Trinajstić information content (AvgIpc) is 1.84. The van der Waals surface area contributed by atoms with Crippen LogP contribution in [0.3, 0.4) is 0 Å². The quantitative estimate of drug-likeness (QED) is 0.491. The van der Waals surface area contributed by atoms with Crippen molar-refractivity contribution in [2.45, 2.75) is 53.1 Å². The molecule has 0 fully saturated rings. The van der Waals surface area contributed by atoms with E-state index >= 15 is 0 Å². The fourth-order valence-electron chi connectivity index (χ4n) is 0.876. The molecule has 0 aromatic rings. The Hall–Kier alpha value is -0.530. The monoisotopic (exact) mass is 156 g/mol. The van der Waals surface area contributed by atoms with E-state index in [2.05, 4.69) is 44.9 Å². The summed E-state index contributed by atoms with van der Waals surface area (Å²) in [6.07, 6.45) is 0.996. The zero-order chi connectivity index (χ0) is 8.85. The topological polar surface area (TPSA) is 24.4 Å². The average molecular weight is 156 g/mol. The van der Waals surface area contributed by atoms with Crippen molar-refractivity contribution in [3.63, 3.8) is 0 Å². The molecular weight excluding hydrogens is 136 g/mol. The van der Waals surface area contributed by atoms with Crippen LogP contribution in [0, 0.1) is 0 Å². The summed E-state index contributed by atoms with van der Waals surface area (Å²) in [6, 6.07) is 0.892. The normalized spacial score (nSPS) is 12.8. The minimum absolute atomic E-state index is 0.399. The van der Waals surface area contributed by atoms with Gasteiger partial charge in [-0.15, -0.1) is 0 Å². The molecule has 0 aromatic carbocycles. The van der Waals surface area contributed by atoms with E-state index in [9.17, 15) is 0 Å². The smallest absolute Gasteiger partial charge is 0.0965 e. The van der Waals surface area contributed by atoms with Gasteiger partial charge in [-0.3, -0.25) is 4.99 Å². The van der Waals surface area contributed by atoms with Crippen LogP contribution in [-0.4, -0.2) is 17.9 Å². The number of aliphatic imine (C=N–C) groups is 1. The Kier molecular flexibility index (Phi) is 4.92. The van der Waals surface area contributed by atoms with Crippen molar-refractivity contribution >= 4 is 5.84 Å². The largest absolute Gasteiger partial charge is 0.372 e. The van der Waals surface area contributed by atoms with Crippen LogP contribution in [0.1, 0.15) is 41.0 Å². The zero-order valence-corrected chi connectivity index (χ0v) is 8.31. The van der Waals surface area contributed by atoms with E-state index in [0.29, 0.717) is 12.1 Å². The summed E-state index contributed by atoms with van der Waals surface area (Å²) in [5.41, 5.74) is 0. The van der Waals surface area contributed by atoms with Crippen LogP contribution >= 0.6 is 0 Å². The van der Waals surface area contributed by atoms with Crippen LogP contribution in [-0.2, 0) is 0 Å². The molecule has 0 aliphatic carbocycles. The Bertz CT molecular complexity index is 126. The second-order valence-electron chi connectivity index (χ2n) is 3.32. The highest BCUT2D eigenvalue weighted by Crippen LogP contribution is 1.91. The first-order valence-electron chi connectivity index (χ1n) is 4.39. The first-order chi connectivity index (χ1) is 5.06. The molecule has 2 heteroatoms. The highest BCUT2D eigenvalue weighted by Gasteiger charge is 1.98. The molecule has 2 nitrogen and oxygen atoms in total. The summed E-state index contributed by atoms with van der Waals surface area (Å²) in [5.74, 6) is 1.12. The van der Waals surface area contributed by atoms with E-state index in [0.717, 1.165) is 12.3 Å². The van der Waals surface area contributed by atoms with E-state index < -0.39 is 0 Å². The van der Waals surface area contributed by atoms with Crippen LogP contribution in [0.25, 0.3) is 0 Å². The van der Waals surface area contributed by atoms with Crippen molar-refractivity contribution in [2.75, 3.05) is 0 Å². The highest BCUT2D eigenvalue weighted by molar-refractivity contribution is 5.82. The lowest BCUT2D eigenvalue weighted by atomic mass is 10.3. The maximum atomic E-state index is 4.44. The number of nitrogens with one attached hydrogen (secondary N) is 1. The predicted molar refractivity (Wildman–Crippen MR) is 51.1 cm³/mol. The Labute approximate surface area is 70.1 Å². The van der Waals surface area contributed by atoms with E-state index in [1.54, 1.807) is 0 Å². The second-order valence-corrected chi connectivity index (χ2v) is 3.32. The number of nitrogens with zero attached hydrogens (tertiary/aromatic N) is 1. The molecule has 0 rings (SSSR count). The van der Waals surface area contributed by atoms with Crippen molar-refractivity contribution < 1.29 is 0 Å². The molecule has 0 aromatic heterocycles. The summed E-state index contributed by atoms with van der Waals surface area (Å²) in [5, 5.41) is 3.31. The summed E-state index contributed by atoms with van der Waals surface area (Å²) in [6.45, 7) is 10.6. The SMILES string of the molecule is CC/C(=N/C(C)C)NC(C)C. The third-order valence-corrected chi connectivity index (χ3v) is 1.20. The molecule has 0 spiro atoms. The standard InChI is InChI=1S/C9H20N2/c1-6-9(10-7(2)3)11-8(4)5/h7-8H,6H2,1-5H3,(H,10,11). The molecule has 0 saturated heterocycles. The van der Waals surface area contributed by atoms with E-state index in [1.807, 2.05) is 0 Å². The van der Waals surface area contributed by atoms with Crippen LogP contribution in [0.2, 0.25) is 0 Å². The van der Waals surface area contributed by atoms with Gasteiger partial charge in [-0.1, -0.05) is 6.92 Å². The summed E-state index contributed by atoms with van der Waals surface area (Å²) < 4.78 is 0. The number of hydrogen-bond acceptors (Lipinski definition) is 1. The minimum Gasteiger partial charge on any atom is -0.372 e. The second kappa shape index (κ2) is 5.16. The fourth-order valence-corrected chi connectivity index (χ4v) is 0.876. The molecule has 11 heavy (non-hydrogen) atoms. The van der Waals surface area contributed by atoms with Gasteiger partial charge in [0.05, 0.1) is 5.84 Å². The van der Waals surface area contributed by atoms with Gasteiger partial charge in [0.15, 0.2) is 0 Å². The first-order valence-corrected chi connectivity index (χ1v) is 4.39. The van der Waals surface area contributed by atoms with Gasteiger partial charge in [0.1, 0.15) is 0 Å². The van der Waals surface area contributed by atoms with E-state index in [-0.39, 0.29) is 0 Å². The van der Waals surface area contributed by atoms with Crippen LogP contribution in [0.5, 0.6) is 0 Å². The van der Waals surface area contributed by atoms with E-state index in [1.165, 1.54) is 0 Å². The van der Waals surface area contributed by atoms with Gasteiger partial charge in [-0.2, -0.15) is 0 Å². The predicted octanol–water partition coefficient (Wildman–Crippen LogP) is 2.20. The van der Waals surface area contributed by atoms with Crippen molar-refractivity contribution in [3.05, 3.63) is 0 Å². The zero-order valence-electron chi connectivity index (χ0n) is 8.31. The van der Waals surface area contributed by atoms with Gasteiger partial charge >= 0.3 is 0 Å². The minimum atomic E-state index is 0.399. The summed E-state index contributed by atoms with van der Waals surface area (Å²) in [4.78, 5) is 4.44. The van der Waals surface area contributed by atoms with Crippen LogP contribution < -0.4 is 5.32 Å². The van der Waals surface area contributed by atoms with Crippen LogP contribution in [0.15, 0.2) is 4.99 Å². The Balaban J connectivity index is 3.94. The van der Waals surface area contributed by atoms with Crippen molar-refractivity contribution in [3.8, 4) is 0 Å². The van der Waals surface area contributed by atoms with Gasteiger partial charge in [-0.25, -0.2) is 0 Å². The van der Waals surface area contributed by atoms with Gasteiger partial charge < -0.3 is 5.32 Å². The Morgan fingerprint density at radius 1 is 1.27 bits per heavy atom. The molecule has 0 heterocycles. The molecular formula is C9H20N2. The summed E-state index contributed by atoms with van der Waals surface area (Å²) >= 11 is 0. The molecule has 0 bridgehead atoms. The lowest BCUT2D eigenvalue weighted by Gasteiger charge is -2.12. The number of hydrogen-bond donors (Lipinski definition) is 1. The van der Waals surface area contributed by atoms with Gasteiger partial charge in [0.2, 0.25) is 0 Å². The molecule has 66 valence electrons. The molecule has 0 aliphatic heterocycles. The van der Waals surface area contributed by atoms with Gasteiger partial charge in [0.25, 0.3) is 0 Å². The van der Waals surface area contributed by atoms with Gasteiger partial charge in [0, 0.05) is 18.5 Å². The molecule has 0 amide bonds. The lowest BCUT2D eigenvalue weighted by molar-refractivity contribution is 0.707. The van der Waals surface area contributed by atoms with Crippen LogP contribution in [0.4, 0.5) is 0 Å². The lowest BCUT2D eigenvalue weighted by Crippen LogP contribution is -2.30. The molecule has 0 radical (unpaired) electrons. The fraction of sp³-hybridized carbons (Fsp3) is 0.889.